The maximum Gasteiger partial charge on any atom is 0.217 e. The van der Waals surface area contributed by atoms with Gasteiger partial charge in [0.05, 0.1) is 0 Å². The molecule has 0 radical (unpaired) electrons. The Morgan fingerprint density at radius 3 is 2.40 bits per heavy atom. The quantitative estimate of drug-likeness (QED) is 0.581. The van der Waals surface area contributed by atoms with E-state index >= 15 is 0 Å². The second-order valence-electron chi connectivity index (χ2n) is 2.44. The summed E-state index contributed by atoms with van der Waals surface area (Å²) in [6.07, 6.45) is 0. The predicted octanol–water partition coefficient (Wildman–Crippen LogP) is 0.862. The van der Waals surface area contributed by atoms with Crippen LogP contribution < -0.4 is 0 Å². The van der Waals surface area contributed by atoms with Gasteiger partial charge in [-0.15, -0.1) is 0 Å². The highest BCUT2D eigenvalue weighted by Crippen LogP contribution is 2.34. The number of hydrogen-bond acceptors (Lipinski definition) is 2. The van der Waals surface area contributed by atoms with Gasteiger partial charge in [0.2, 0.25) is 5.79 Å². The minimum Gasteiger partial charge on any atom is -0.360 e. The van der Waals surface area contributed by atoms with Crippen molar-refractivity contribution in [1.29, 1.82) is 0 Å². The molecule has 0 bridgehead atoms. The van der Waals surface area contributed by atoms with E-state index in [1.165, 1.54) is 0 Å². The highest BCUT2D eigenvalue weighted by Gasteiger charge is 2.44. The summed E-state index contributed by atoms with van der Waals surface area (Å²) in [5.41, 5.74) is 0.843. The van der Waals surface area contributed by atoms with Crippen LogP contribution in [0.4, 0.5) is 0 Å². The smallest absolute Gasteiger partial charge is 0.217 e. The molecule has 52 valence electrons. The third-order valence-corrected chi connectivity index (χ3v) is 1.64. The Kier molecular flexibility index (Phi) is 1.07. The first-order chi connectivity index (χ1) is 4.81. The molecule has 1 saturated heterocycles. The number of epoxide rings is 1. The van der Waals surface area contributed by atoms with E-state index in [0.29, 0.717) is 6.61 Å². The molecule has 0 saturated carbocycles. The predicted molar refractivity (Wildman–Crippen MR) is 36.3 cm³/mol. The second-order valence-corrected chi connectivity index (χ2v) is 2.44. The lowest BCUT2D eigenvalue weighted by Crippen LogP contribution is -2.05. The Hall–Kier alpha value is -0.860. The van der Waals surface area contributed by atoms with Crippen LogP contribution in [0.3, 0.4) is 0 Å². The summed E-state index contributed by atoms with van der Waals surface area (Å²) in [7, 11) is 0. The Balaban J connectivity index is 2.35. The Morgan fingerprint density at radius 2 is 1.90 bits per heavy atom. The number of benzene rings is 1. The fourth-order valence-electron chi connectivity index (χ4n) is 0.934. The summed E-state index contributed by atoms with van der Waals surface area (Å²) < 4.78 is 4.84. The first kappa shape index (κ1) is 5.89. The lowest BCUT2D eigenvalue weighted by molar-refractivity contribution is 0.0334. The maximum absolute atomic E-state index is 9.38. The van der Waals surface area contributed by atoms with Gasteiger partial charge in [-0.25, -0.2) is 0 Å². The van der Waals surface area contributed by atoms with Crippen molar-refractivity contribution >= 4 is 0 Å². The van der Waals surface area contributed by atoms with Gasteiger partial charge in [0.25, 0.3) is 0 Å². The van der Waals surface area contributed by atoms with Crippen LogP contribution in [0.2, 0.25) is 0 Å². The Morgan fingerprint density at radius 1 is 1.30 bits per heavy atom. The minimum absolute atomic E-state index is 0.428. The van der Waals surface area contributed by atoms with Crippen molar-refractivity contribution in [2.45, 2.75) is 5.79 Å². The zero-order valence-corrected chi connectivity index (χ0v) is 5.45. The van der Waals surface area contributed by atoms with Crippen LogP contribution in [0.25, 0.3) is 0 Å². The molecule has 1 atom stereocenters. The van der Waals surface area contributed by atoms with Crippen LogP contribution in [-0.2, 0) is 10.5 Å². The van der Waals surface area contributed by atoms with E-state index in [2.05, 4.69) is 0 Å². The summed E-state index contributed by atoms with van der Waals surface area (Å²) in [4.78, 5) is 0. The lowest BCUT2D eigenvalue weighted by Gasteiger charge is -2.01. The average Bonchev–Trinajstić information content (AvgIpc) is 2.72. The van der Waals surface area contributed by atoms with Crippen molar-refractivity contribution in [2.24, 2.45) is 0 Å². The molecule has 1 aliphatic rings. The Bertz CT molecular complexity index is 226. The summed E-state index contributed by atoms with van der Waals surface area (Å²) in [6.45, 7) is 0.428. The molecular formula is C8H8O2. The van der Waals surface area contributed by atoms with E-state index < -0.39 is 5.79 Å². The molecule has 10 heavy (non-hydrogen) atoms. The Labute approximate surface area is 59.1 Å². The molecule has 1 fully saturated rings. The van der Waals surface area contributed by atoms with Gasteiger partial charge in [0, 0.05) is 5.56 Å². The fourth-order valence-corrected chi connectivity index (χ4v) is 0.934. The molecule has 1 N–H and O–H groups in total. The van der Waals surface area contributed by atoms with Gasteiger partial charge >= 0.3 is 0 Å². The molecule has 1 heterocycles. The number of hydrogen-bond donors (Lipinski definition) is 1. The van der Waals surface area contributed by atoms with Gasteiger partial charge in [0.15, 0.2) is 0 Å². The van der Waals surface area contributed by atoms with Crippen molar-refractivity contribution in [3.63, 3.8) is 0 Å². The van der Waals surface area contributed by atoms with Gasteiger partial charge in [-0.05, 0) is 0 Å². The molecule has 2 nitrogen and oxygen atoms in total. The highest BCUT2D eigenvalue weighted by molar-refractivity contribution is 5.22. The lowest BCUT2D eigenvalue weighted by atomic mass is 10.1. The molecule has 1 aromatic carbocycles. The van der Waals surface area contributed by atoms with Gasteiger partial charge in [0.1, 0.15) is 6.61 Å². The molecule has 0 aromatic heterocycles. The van der Waals surface area contributed by atoms with Crippen LogP contribution >= 0.6 is 0 Å². The van der Waals surface area contributed by atoms with Gasteiger partial charge in [-0.2, -0.15) is 0 Å². The molecule has 0 spiro atoms. The molecule has 0 aliphatic carbocycles. The standard InChI is InChI=1S/C8H8O2/c9-8(6-10-8)7-4-2-1-3-5-7/h1-5,9H,6H2. The topological polar surface area (TPSA) is 32.8 Å². The first-order valence-corrected chi connectivity index (χ1v) is 3.23. The monoisotopic (exact) mass is 136 g/mol. The summed E-state index contributed by atoms with van der Waals surface area (Å²) >= 11 is 0. The third kappa shape index (κ3) is 0.818. The van der Waals surface area contributed by atoms with Crippen molar-refractivity contribution in [3.8, 4) is 0 Å². The minimum atomic E-state index is -0.957. The fraction of sp³-hybridized carbons (Fsp3) is 0.250. The number of aliphatic hydroxyl groups is 1. The van der Waals surface area contributed by atoms with Crippen LogP contribution in [-0.4, -0.2) is 11.7 Å². The molecule has 2 rings (SSSR count). The van der Waals surface area contributed by atoms with Gasteiger partial charge < -0.3 is 9.84 Å². The van der Waals surface area contributed by atoms with Crippen molar-refractivity contribution in [1.82, 2.24) is 0 Å². The van der Waals surface area contributed by atoms with Crippen molar-refractivity contribution in [2.75, 3.05) is 6.61 Å². The zero-order valence-electron chi connectivity index (χ0n) is 5.45. The summed E-state index contributed by atoms with van der Waals surface area (Å²) in [6, 6.07) is 9.39. The van der Waals surface area contributed by atoms with Crippen molar-refractivity contribution in [3.05, 3.63) is 35.9 Å². The van der Waals surface area contributed by atoms with Crippen LogP contribution in [0.15, 0.2) is 30.3 Å². The van der Waals surface area contributed by atoms with E-state index in [4.69, 9.17) is 4.74 Å². The normalized spacial score (nSPS) is 30.1. The molecule has 1 aromatic rings. The van der Waals surface area contributed by atoms with Crippen LogP contribution in [0.5, 0.6) is 0 Å². The summed E-state index contributed by atoms with van der Waals surface area (Å²) in [5, 5.41) is 9.38. The molecule has 0 amide bonds. The third-order valence-electron chi connectivity index (χ3n) is 1.64. The van der Waals surface area contributed by atoms with Gasteiger partial charge in [-0.3, -0.25) is 0 Å². The highest BCUT2D eigenvalue weighted by atomic mass is 16.7. The maximum atomic E-state index is 9.38. The van der Waals surface area contributed by atoms with Crippen LogP contribution in [0.1, 0.15) is 5.56 Å². The second kappa shape index (κ2) is 1.81. The van der Waals surface area contributed by atoms with Gasteiger partial charge in [-0.1, -0.05) is 30.3 Å². The average molecular weight is 136 g/mol. The number of ether oxygens (including phenoxy) is 1. The number of rotatable bonds is 1. The molecule has 1 aliphatic heterocycles. The van der Waals surface area contributed by atoms with Crippen molar-refractivity contribution < 1.29 is 9.84 Å². The van der Waals surface area contributed by atoms with E-state index in [0.717, 1.165) is 5.56 Å². The van der Waals surface area contributed by atoms with Crippen LogP contribution in [0, 0.1) is 0 Å². The summed E-state index contributed by atoms with van der Waals surface area (Å²) in [5.74, 6) is -0.957. The van der Waals surface area contributed by atoms with E-state index in [1.54, 1.807) is 0 Å². The largest absolute Gasteiger partial charge is 0.360 e. The molecule has 1 unspecified atom stereocenters. The SMILES string of the molecule is OC1(c2ccccc2)CO1. The first-order valence-electron chi connectivity index (χ1n) is 3.23. The van der Waals surface area contributed by atoms with E-state index in [1.807, 2.05) is 30.3 Å². The molecule has 2 heteroatoms. The van der Waals surface area contributed by atoms with E-state index in [-0.39, 0.29) is 0 Å². The molecular weight excluding hydrogens is 128 g/mol. The van der Waals surface area contributed by atoms with E-state index in [9.17, 15) is 5.11 Å². The zero-order chi connectivity index (χ0) is 7.03.